The van der Waals surface area contributed by atoms with E-state index in [0.29, 0.717) is 6.42 Å². The molecule has 6 nitrogen and oxygen atoms in total. The van der Waals surface area contributed by atoms with Crippen LogP contribution in [-0.4, -0.2) is 44.1 Å². The second-order valence-electron chi connectivity index (χ2n) is 2.68. The zero-order chi connectivity index (χ0) is 10.6. The van der Waals surface area contributed by atoms with E-state index in [9.17, 15) is 9.59 Å². The van der Waals surface area contributed by atoms with E-state index in [0.717, 1.165) is 0 Å². The third kappa shape index (κ3) is 2.16. The summed E-state index contributed by atoms with van der Waals surface area (Å²) in [6.45, 7) is 1.63. The van der Waals surface area contributed by atoms with Gasteiger partial charge in [0.05, 0.1) is 0 Å². The quantitative estimate of drug-likeness (QED) is 0.417. The lowest BCUT2D eigenvalue weighted by Crippen LogP contribution is -2.55. The number of aliphatic carboxylic acids is 2. The van der Waals surface area contributed by atoms with Crippen LogP contribution in [-0.2, 0) is 9.59 Å². The van der Waals surface area contributed by atoms with Gasteiger partial charge in [0.2, 0.25) is 0 Å². The molecule has 0 aliphatic carbocycles. The average Bonchev–Trinajstić information content (AvgIpc) is 2.02. The summed E-state index contributed by atoms with van der Waals surface area (Å²) in [6.07, 6.45) is -1.51. The van der Waals surface area contributed by atoms with Crippen molar-refractivity contribution in [1.29, 1.82) is 0 Å². The summed E-state index contributed by atoms with van der Waals surface area (Å²) in [6, 6.07) is 0. The van der Waals surface area contributed by atoms with Gasteiger partial charge < -0.3 is 20.4 Å². The fourth-order valence-electron chi connectivity index (χ4n) is 0.859. The second-order valence-corrected chi connectivity index (χ2v) is 2.68. The van der Waals surface area contributed by atoms with E-state index >= 15 is 0 Å². The summed E-state index contributed by atoms with van der Waals surface area (Å²) < 4.78 is 0. The smallest absolute Gasteiger partial charge is 0.350 e. The van der Waals surface area contributed by atoms with Crippen LogP contribution in [0.25, 0.3) is 0 Å². The van der Waals surface area contributed by atoms with Crippen LogP contribution in [0.15, 0.2) is 0 Å². The molecule has 0 radical (unpaired) electrons. The normalized spacial score (nSPS) is 13.8. The van der Waals surface area contributed by atoms with Crippen LogP contribution in [0.2, 0.25) is 0 Å². The maximum atomic E-state index is 10.4. The topological polar surface area (TPSA) is 115 Å². The molecular weight excluding hydrogens is 180 g/mol. The van der Waals surface area contributed by atoms with Crippen LogP contribution in [0.4, 0.5) is 0 Å². The Morgan fingerprint density at radius 2 is 1.69 bits per heavy atom. The molecular formula is C7H12O6. The average molecular weight is 192 g/mol. The SMILES string of the molecule is CCCC(O)C(O)(C(=O)O)C(=O)O. The summed E-state index contributed by atoms with van der Waals surface area (Å²) >= 11 is 0. The number of aliphatic hydroxyl groups excluding tert-OH is 1. The van der Waals surface area contributed by atoms with E-state index in [2.05, 4.69) is 0 Å². The van der Waals surface area contributed by atoms with Gasteiger partial charge in [-0.15, -0.1) is 0 Å². The van der Waals surface area contributed by atoms with Crippen LogP contribution in [0.5, 0.6) is 0 Å². The molecule has 0 aliphatic heterocycles. The molecule has 0 aromatic carbocycles. The van der Waals surface area contributed by atoms with Crippen LogP contribution in [0.1, 0.15) is 19.8 Å². The Balaban J connectivity index is 4.79. The van der Waals surface area contributed by atoms with E-state index in [-0.39, 0.29) is 6.42 Å². The van der Waals surface area contributed by atoms with Gasteiger partial charge in [0.15, 0.2) is 0 Å². The van der Waals surface area contributed by atoms with E-state index < -0.39 is 23.6 Å². The minimum absolute atomic E-state index is 0.0882. The summed E-state index contributed by atoms with van der Waals surface area (Å²) in [5.74, 6) is -3.91. The van der Waals surface area contributed by atoms with Crippen LogP contribution in [0.3, 0.4) is 0 Å². The second kappa shape index (κ2) is 4.20. The molecule has 1 unspecified atom stereocenters. The number of aliphatic hydroxyl groups is 2. The van der Waals surface area contributed by atoms with Gasteiger partial charge >= 0.3 is 11.9 Å². The van der Waals surface area contributed by atoms with Gasteiger partial charge in [0.25, 0.3) is 5.60 Å². The lowest BCUT2D eigenvalue weighted by atomic mass is 9.94. The Hall–Kier alpha value is -1.14. The molecule has 13 heavy (non-hydrogen) atoms. The molecule has 0 saturated carbocycles. The number of hydrogen-bond donors (Lipinski definition) is 4. The van der Waals surface area contributed by atoms with Gasteiger partial charge in [-0.2, -0.15) is 0 Å². The van der Waals surface area contributed by atoms with E-state index in [1.54, 1.807) is 6.92 Å². The van der Waals surface area contributed by atoms with Crippen molar-refractivity contribution in [2.24, 2.45) is 0 Å². The van der Waals surface area contributed by atoms with Crippen LogP contribution >= 0.6 is 0 Å². The molecule has 0 fully saturated rings. The van der Waals surface area contributed by atoms with Crippen molar-refractivity contribution in [3.05, 3.63) is 0 Å². The fraction of sp³-hybridized carbons (Fsp3) is 0.714. The van der Waals surface area contributed by atoms with Gasteiger partial charge in [-0.05, 0) is 6.42 Å². The molecule has 76 valence electrons. The van der Waals surface area contributed by atoms with Crippen molar-refractivity contribution >= 4 is 11.9 Å². The minimum atomic E-state index is -3.10. The minimum Gasteiger partial charge on any atom is -0.479 e. The van der Waals surface area contributed by atoms with Crippen molar-refractivity contribution in [3.63, 3.8) is 0 Å². The van der Waals surface area contributed by atoms with Crippen LogP contribution < -0.4 is 0 Å². The summed E-state index contributed by atoms with van der Waals surface area (Å²) in [7, 11) is 0. The molecule has 0 bridgehead atoms. The van der Waals surface area contributed by atoms with Crippen molar-refractivity contribution in [2.75, 3.05) is 0 Å². The first-order valence-electron chi connectivity index (χ1n) is 3.74. The maximum absolute atomic E-state index is 10.4. The molecule has 0 saturated heterocycles. The number of carbonyl (C=O) groups is 2. The highest BCUT2D eigenvalue weighted by Gasteiger charge is 2.50. The third-order valence-corrected chi connectivity index (χ3v) is 1.70. The summed E-state index contributed by atoms with van der Waals surface area (Å²) in [5, 5.41) is 35.0. The molecule has 6 heteroatoms. The van der Waals surface area contributed by atoms with Crippen molar-refractivity contribution in [1.82, 2.24) is 0 Å². The first-order chi connectivity index (χ1) is 5.87. The molecule has 0 aromatic heterocycles. The predicted octanol–water partition coefficient (Wildman–Crippen LogP) is -0.952. The van der Waals surface area contributed by atoms with Gasteiger partial charge in [-0.3, -0.25) is 0 Å². The summed E-state index contributed by atoms with van der Waals surface area (Å²) in [4.78, 5) is 20.8. The number of carboxylic acids is 2. The highest BCUT2D eigenvalue weighted by molar-refractivity contribution is 6.02. The summed E-state index contributed by atoms with van der Waals surface area (Å²) in [5.41, 5.74) is -3.10. The lowest BCUT2D eigenvalue weighted by molar-refractivity contribution is -0.189. The Labute approximate surface area is 74.4 Å². The standard InChI is InChI=1S/C7H12O6/c1-2-3-4(8)7(13,5(9)10)6(11)12/h4,8,13H,2-3H2,1H3,(H,9,10)(H,11,12). The van der Waals surface area contributed by atoms with Crippen molar-refractivity contribution in [2.45, 2.75) is 31.5 Å². The van der Waals surface area contributed by atoms with E-state index in [4.69, 9.17) is 20.4 Å². The Bertz CT molecular complexity index is 197. The highest BCUT2D eigenvalue weighted by Crippen LogP contribution is 2.16. The lowest BCUT2D eigenvalue weighted by Gasteiger charge is -2.23. The van der Waals surface area contributed by atoms with Crippen LogP contribution in [0, 0.1) is 0 Å². The number of hydrogen-bond acceptors (Lipinski definition) is 4. The van der Waals surface area contributed by atoms with Crippen molar-refractivity contribution < 1.29 is 30.0 Å². The molecule has 0 amide bonds. The molecule has 0 heterocycles. The molecule has 0 aliphatic rings. The third-order valence-electron chi connectivity index (χ3n) is 1.70. The number of rotatable bonds is 5. The Morgan fingerprint density at radius 3 is 1.92 bits per heavy atom. The fourth-order valence-corrected chi connectivity index (χ4v) is 0.859. The van der Waals surface area contributed by atoms with E-state index in [1.807, 2.05) is 0 Å². The molecule has 0 spiro atoms. The maximum Gasteiger partial charge on any atom is 0.350 e. The molecule has 0 aromatic rings. The predicted molar refractivity (Wildman–Crippen MR) is 41.1 cm³/mol. The van der Waals surface area contributed by atoms with Gasteiger partial charge in [-0.1, -0.05) is 13.3 Å². The Kier molecular flexibility index (Phi) is 3.83. The van der Waals surface area contributed by atoms with Crippen molar-refractivity contribution in [3.8, 4) is 0 Å². The molecule has 1 atom stereocenters. The zero-order valence-electron chi connectivity index (χ0n) is 7.10. The van der Waals surface area contributed by atoms with E-state index in [1.165, 1.54) is 0 Å². The largest absolute Gasteiger partial charge is 0.479 e. The zero-order valence-corrected chi connectivity index (χ0v) is 7.10. The van der Waals surface area contributed by atoms with Gasteiger partial charge in [-0.25, -0.2) is 9.59 Å². The monoisotopic (exact) mass is 192 g/mol. The first-order valence-corrected chi connectivity index (χ1v) is 3.74. The number of carboxylic acid groups (broad SMARTS) is 2. The highest BCUT2D eigenvalue weighted by atomic mass is 16.5. The van der Waals surface area contributed by atoms with Gasteiger partial charge in [0, 0.05) is 0 Å². The molecule has 0 rings (SSSR count). The first kappa shape index (κ1) is 11.9. The molecule has 4 N–H and O–H groups in total. The van der Waals surface area contributed by atoms with Gasteiger partial charge in [0.1, 0.15) is 6.10 Å². The Morgan fingerprint density at radius 1 is 1.31 bits per heavy atom.